The van der Waals surface area contributed by atoms with E-state index in [0.717, 1.165) is 10.8 Å². The molecule has 0 saturated heterocycles. The Balaban J connectivity index is 3.06. The lowest BCUT2D eigenvalue weighted by Crippen LogP contribution is -2.29. The molecule has 0 aromatic heterocycles. The molecule has 11 heavy (non-hydrogen) atoms. The first-order valence-corrected chi connectivity index (χ1v) is 8.17. The van der Waals surface area contributed by atoms with E-state index >= 15 is 0 Å². The fourth-order valence-corrected chi connectivity index (χ4v) is 2.56. The molecule has 0 N–H and O–H groups in total. The highest BCUT2D eigenvalue weighted by Crippen LogP contribution is 2.19. The van der Waals surface area contributed by atoms with E-state index in [4.69, 9.17) is 33.2 Å². The molecule has 0 aliphatic carbocycles. The molecule has 0 radical (unpaired) electrons. The van der Waals surface area contributed by atoms with Crippen LogP contribution in [-0.2, 0) is 0 Å². The van der Waals surface area contributed by atoms with E-state index in [-0.39, 0.29) is 0 Å². The van der Waals surface area contributed by atoms with Crippen molar-refractivity contribution in [3.8, 4) is 0 Å². The monoisotopic (exact) mass is 224 g/mol. The lowest BCUT2D eigenvalue weighted by molar-refractivity contribution is 1.49. The molecule has 0 nitrogen and oxygen atoms in total. The maximum absolute atomic E-state index is 5.80. The molecule has 4 heteroatoms. The summed E-state index contributed by atoms with van der Waals surface area (Å²) in [6, 6.07) is 5.00. The van der Waals surface area contributed by atoms with Crippen LogP contribution in [0.3, 0.4) is 0 Å². The van der Waals surface area contributed by atoms with Crippen LogP contribution in [0.4, 0.5) is 0 Å². The topological polar surface area (TPSA) is 0 Å². The lowest BCUT2D eigenvalue weighted by Gasteiger charge is -2.07. The molecular weight excluding hydrogens is 219 g/mol. The number of aryl methyl sites for hydroxylation is 1. The predicted molar refractivity (Wildman–Crippen MR) is 54.1 cm³/mol. The molecule has 1 rings (SSSR count). The Bertz CT molecular complexity index is 254. The minimum absolute atomic E-state index is 0.850. The molecule has 0 aliphatic heterocycles. The van der Waals surface area contributed by atoms with Crippen molar-refractivity contribution in [2.75, 3.05) is 0 Å². The van der Waals surface area contributed by atoms with Crippen LogP contribution < -0.4 is 5.19 Å². The van der Waals surface area contributed by atoms with E-state index in [0.29, 0.717) is 0 Å². The van der Waals surface area contributed by atoms with Crippen molar-refractivity contribution in [1.29, 1.82) is 0 Å². The Kier molecular flexibility index (Phi) is 2.87. The van der Waals surface area contributed by atoms with Gasteiger partial charge in [0.05, 0.1) is 0 Å². The fourth-order valence-electron chi connectivity index (χ4n) is 0.821. The smallest absolute Gasteiger partial charge is 0.121 e. The lowest BCUT2D eigenvalue weighted by atomic mass is 10.2. The molecule has 1 aromatic carbocycles. The molecule has 0 heterocycles. The van der Waals surface area contributed by atoms with Gasteiger partial charge in [-0.3, -0.25) is 0 Å². The molecule has 0 aliphatic rings. The van der Waals surface area contributed by atoms with E-state index in [2.05, 4.69) is 0 Å². The Labute approximate surface area is 81.2 Å². The first-order valence-electron chi connectivity index (χ1n) is 3.14. The predicted octanol–water partition coefficient (Wildman–Crippen LogP) is 2.86. The van der Waals surface area contributed by atoms with Crippen molar-refractivity contribution in [3.05, 3.63) is 29.8 Å². The maximum atomic E-state index is 5.80. The minimum atomic E-state index is -2.65. The van der Waals surface area contributed by atoms with Crippen molar-refractivity contribution in [1.82, 2.24) is 0 Å². The summed E-state index contributed by atoms with van der Waals surface area (Å²) in [5.74, 6) is 0. The van der Waals surface area contributed by atoms with E-state index in [1.54, 1.807) is 0 Å². The second-order valence-electron chi connectivity index (χ2n) is 2.37. The van der Waals surface area contributed by atoms with Crippen LogP contribution in [0, 0.1) is 6.92 Å². The number of hydrogen-bond acceptors (Lipinski definition) is 0. The van der Waals surface area contributed by atoms with Crippen LogP contribution in [0.25, 0.3) is 0 Å². The van der Waals surface area contributed by atoms with Gasteiger partial charge in [-0.15, -0.1) is 33.2 Å². The average molecular weight is 226 g/mol. The largest absolute Gasteiger partial charge is 0.372 e. The summed E-state index contributed by atoms with van der Waals surface area (Å²) in [7, 11) is 0. The van der Waals surface area contributed by atoms with Crippen LogP contribution in [0.5, 0.6) is 0 Å². The highest BCUT2D eigenvalue weighted by Gasteiger charge is 2.27. The number of rotatable bonds is 1. The first-order chi connectivity index (χ1) is 5.00. The molecule has 60 valence electrons. The molecule has 0 spiro atoms. The highest BCUT2D eigenvalue weighted by molar-refractivity contribution is 7.69. The third-order valence-electron chi connectivity index (χ3n) is 1.35. The third-order valence-corrected chi connectivity index (χ3v) is 4.28. The zero-order valence-electron chi connectivity index (χ0n) is 5.94. The van der Waals surface area contributed by atoms with Crippen molar-refractivity contribution >= 4 is 44.4 Å². The molecule has 0 saturated carbocycles. The third kappa shape index (κ3) is 2.67. The summed E-state index contributed by atoms with van der Waals surface area (Å²) in [5.41, 5.74) is 1.13. The molecular formula is C7H7Cl3Si. The highest BCUT2D eigenvalue weighted by atomic mass is 35.8. The van der Waals surface area contributed by atoms with Gasteiger partial charge in [-0.05, 0) is 12.1 Å². The standard InChI is InChI=1S/C7H7Cl3Si/c1-6-3-2-4-7(5-6)11(8,9)10/h2-5H,1H3. The number of halogens is 3. The van der Waals surface area contributed by atoms with Gasteiger partial charge < -0.3 is 0 Å². The van der Waals surface area contributed by atoms with E-state index in [9.17, 15) is 0 Å². The normalized spacial score (nSPS) is 11.6. The van der Waals surface area contributed by atoms with Crippen molar-refractivity contribution in [2.24, 2.45) is 0 Å². The van der Waals surface area contributed by atoms with Gasteiger partial charge in [0.15, 0.2) is 0 Å². The number of hydrogen-bond donors (Lipinski definition) is 0. The molecule has 0 amide bonds. The molecule has 1 aromatic rings. The van der Waals surface area contributed by atoms with Gasteiger partial charge in [0.25, 0.3) is 0 Å². The Morgan fingerprint density at radius 1 is 1.18 bits per heavy atom. The molecule has 0 bridgehead atoms. The average Bonchev–Trinajstić information content (AvgIpc) is 1.86. The fraction of sp³-hybridized carbons (Fsp3) is 0.143. The van der Waals surface area contributed by atoms with Crippen LogP contribution in [0.15, 0.2) is 24.3 Å². The summed E-state index contributed by atoms with van der Waals surface area (Å²) >= 11 is 17.4. The van der Waals surface area contributed by atoms with Gasteiger partial charge in [-0.25, -0.2) is 0 Å². The summed E-state index contributed by atoms with van der Waals surface area (Å²) in [5, 5.41) is 0.850. The Morgan fingerprint density at radius 2 is 1.82 bits per heavy atom. The van der Waals surface area contributed by atoms with E-state index < -0.39 is 6.00 Å². The van der Waals surface area contributed by atoms with Gasteiger partial charge in [0.1, 0.15) is 0 Å². The Hall–Kier alpha value is 0.307. The zero-order chi connectivity index (χ0) is 8.48. The van der Waals surface area contributed by atoms with Crippen LogP contribution in [-0.4, -0.2) is 6.00 Å². The molecule has 0 atom stereocenters. The molecule has 0 unspecified atom stereocenters. The van der Waals surface area contributed by atoms with E-state index in [1.807, 2.05) is 31.2 Å². The van der Waals surface area contributed by atoms with Crippen molar-refractivity contribution < 1.29 is 0 Å². The van der Waals surface area contributed by atoms with E-state index in [1.165, 1.54) is 0 Å². The first kappa shape index (κ1) is 9.40. The molecule has 0 fully saturated rings. The van der Waals surface area contributed by atoms with Crippen molar-refractivity contribution in [3.63, 3.8) is 0 Å². The van der Waals surface area contributed by atoms with Crippen LogP contribution in [0.1, 0.15) is 5.56 Å². The van der Waals surface area contributed by atoms with Gasteiger partial charge >= 0.3 is 6.00 Å². The SMILES string of the molecule is Cc1cccc([Si](Cl)(Cl)Cl)c1. The summed E-state index contributed by atoms with van der Waals surface area (Å²) < 4.78 is 0. The number of benzene rings is 1. The zero-order valence-corrected chi connectivity index (χ0v) is 9.21. The summed E-state index contributed by atoms with van der Waals surface area (Å²) in [6.45, 7) is 1.98. The second kappa shape index (κ2) is 3.36. The van der Waals surface area contributed by atoms with Gasteiger partial charge in [-0.2, -0.15) is 0 Å². The quantitative estimate of drug-likeness (QED) is 0.509. The summed E-state index contributed by atoms with van der Waals surface area (Å²) in [6.07, 6.45) is 0. The van der Waals surface area contributed by atoms with Crippen LogP contribution in [0.2, 0.25) is 0 Å². The van der Waals surface area contributed by atoms with Gasteiger partial charge in [-0.1, -0.05) is 29.8 Å². The maximum Gasteiger partial charge on any atom is 0.372 e. The van der Waals surface area contributed by atoms with Crippen molar-refractivity contribution in [2.45, 2.75) is 6.92 Å². The second-order valence-corrected chi connectivity index (χ2v) is 10.8. The Morgan fingerprint density at radius 3 is 2.18 bits per heavy atom. The van der Waals surface area contributed by atoms with Gasteiger partial charge in [0, 0.05) is 0 Å². The summed E-state index contributed by atoms with van der Waals surface area (Å²) in [4.78, 5) is 0. The minimum Gasteiger partial charge on any atom is -0.121 e. The van der Waals surface area contributed by atoms with Crippen LogP contribution >= 0.6 is 33.2 Å². The van der Waals surface area contributed by atoms with Gasteiger partial charge in [0.2, 0.25) is 0 Å².